The number of carbonyl (C=O) groups excluding carboxylic acids is 3. The van der Waals surface area contributed by atoms with Gasteiger partial charge in [-0.05, 0) is 104 Å². The van der Waals surface area contributed by atoms with Gasteiger partial charge in [0.15, 0.2) is 0 Å². The molecule has 0 aromatic rings. The SMILES string of the molecule is CC(C)(C)OCCC(C)(C)OC(=O)CC(CC(=O)OC(C)(C)CCOC(C)(C)C)C(=O)OC(C)(C)CCOC(C)(C)C. The third-order valence-electron chi connectivity index (χ3n) is 6.03. The summed E-state index contributed by atoms with van der Waals surface area (Å²) in [7, 11) is 0. The third-order valence-corrected chi connectivity index (χ3v) is 6.03. The van der Waals surface area contributed by atoms with Crippen LogP contribution in [0, 0.1) is 5.92 Å². The molecular formula is C33H62O9. The average Bonchev–Trinajstić information content (AvgIpc) is 2.68. The molecule has 0 atom stereocenters. The van der Waals surface area contributed by atoms with Crippen molar-refractivity contribution in [1.29, 1.82) is 0 Å². The average molecular weight is 603 g/mol. The molecule has 0 aromatic heterocycles. The maximum Gasteiger partial charge on any atom is 0.310 e. The van der Waals surface area contributed by atoms with Gasteiger partial charge in [0.2, 0.25) is 0 Å². The van der Waals surface area contributed by atoms with Crippen molar-refractivity contribution in [3.05, 3.63) is 0 Å². The quantitative estimate of drug-likeness (QED) is 0.129. The van der Waals surface area contributed by atoms with E-state index in [1.807, 2.05) is 62.3 Å². The maximum absolute atomic E-state index is 13.4. The summed E-state index contributed by atoms with van der Waals surface area (Å²) in [5, 5.41) is 0. The van der Waals surface area contributed by atoms with Gasteiger partial charge in [0.05, 0.1) is 55.4 Å². The van der Waals surface area contributed by atoms with Crippen LogP contribution in [-0.4, -0.2) is 71.3 Å². The number of hydrogen-bond donors (Lipinski definition) is 0. The van der Waals surface area contributed by atoms with E-state index in [2.05, 4.69) is 0 Å². The zero-order valence-corrected chi connectivity index (χ0v) is 29.4. The van der Waals surface area contributed by atoms with Crippen molar-refractivity contribution in [1.82, 2.24) is 0 Å². The Labute approximate surface area is 256 Å². The number of hydrogen-bond acceptors (Lipinski definition) is 9. The maximum atomic E-state index is 13.4. The first-order valence-electron chi connectivity index (χ1n) is 15.2. The molecule has 0 heterocycles. The smallest absolute Gasteiger partial charge is 0.310 e. The number of esters is 3. The molecule has 248 valence electrons. The lowest BCUT2D eigenvalue weighted by Crippen LogP contribution is -2.38. The van der Waals surface area contributed by atoms with E-state index in [0.29, 0.717) is 39.1 Å². The van der Waals surface area contributed by atoms with Gasteiger partial charge < -0.3 is 28.4 Å². The Morgan fingerprint density at radius 3 is 0.976 bits per heavy atom. The van der Waals surface area contributed by atoms with Crippen LogP contribution in [0.4, 0.5) is 0 Å². The molecule has 0 N–H and O–H groups in total. The van der Waals surface area contributed by atoms with Gasteiger partial charge in [0.25, 0.3) is 0 Å². The highest BCUT2D eigenvalue weighted by Gasteiger charge is 2.35. The molecule has 0 bridgehead atoms. The molecule has 0 fully saturated rings. The van der Waals surface area contributed by atoms with Crippen LogP contribution in [0.3, 0.4) is 0 Å². The Bertz CT molecular complexity index is 804. The van der Waals surface area contributed by atoms with Gasteiger partial charge in [-0.2, -0.15) is 0 Å². The van der Waals surface area contributed by atoms with Crippen molar-refractivity contribution in [3.8, 4) is 0 Å². The lowest BCUT2D eigenvalue weighted by Gasteiger charge is -2.31. The zero-order chi connectivity index (χ0) is 33.2. The molecular weight excluding hydrogens is 540 g/mol. The minimum absolute atomic E-state index is 0.313. The molecule has 42 heavy (non-hydrogen) atoms. The first kappa shape index (κ1) is 40.3. The van der Waals surface area contributed by atoms with Crippen molar-refractivity contribution in [2.45, 2.75) is 170 Å². The van der Waals surface area contributed by atoms with E-state index in [4.69, 9.17) is 28.4 Å². The molecule has 0 spiro atoms. The second-order valence-electron chi connectivity index (χ2n) is 15.9. The Kier molecular flexibility index (Phi) is 15.2. The van der Waals surface area contributed by atoms with E-state index in [0.717, 1.165) is 0 Å². The summed E-state index contributed by atoms with van der Waals surface area (Å²) < 4.78 is 34.6. The lowest BCUT2D eigenvalue weighted by atomic mass is 9.99. The van der Waals surface area contributed by atoms with Gasteiger partial charge in [-0.3, -0.25) is 14.4 Å². The normalized spacial score (nSPS) is 13.7. The van der Waals surface area contributed by atoms with E-state index >= 15 is 0 Å². The molecule has 0 saturated carbocycles. The summed E-state index contributed by atoms with van der Waals surface area (Å²) in [6.07, 6.45) is 0.746. The largest absolute Gasteiger partial charge is 0.460 e. The molecule has 0 unspecified atom stereocenters. The predicted octanol–water partition coefficient (Wildman–Crippen LogP) is 6.96. The van der Waals surface area contributed by atoms with Crippen LogP contribution >= 0.6 is 0 Å². The topological polar surface area (TPSA) is 107 Å². The van der Waals surface area contributed by atoms with Gasteiger partial charge in [-0.15, -0.1) is 0 Å². The second kappa shape index (κ2) is 15.8. The highest BCUT2D eigenvalue weighted by atomic mass is 16.6. The molecule has 0 aliphatic heterocycles. The number of rotatable bonds is 17. The fourth-order valence-electron chi connectivity index (χ4n) is 3.66. The second-order valence-corrected chi connectivity index (χ2v) is 15.9. The monoisotopic (exact) mass is 602 g/mol. The Hall–Kier alpha value is -1.71. The summed E-state index contributed by atoms with van der Waals surface area (Å²) in [5.41, 5.74) is -3.47. The van der Waals surface area contributed by atoms with Crippen LogP contribution in [0.1, 0.15) is 136 Å². The van der Waals surface area contributed by atoms with Gasteiger partial charge >= 0.3 is 17.9 Å². The molecule has 0 amide bonds. The molecule has 9 heteroatoms. The lowest BCUT2D eigenvalue weighted by molar-refractivity contribution is -0.175. The van der Waals surface area contributed by atoms with Gasteiger partial charge in [0, 0.05) is 19.3 Å². The van der Waals surface area contributed by atoms with Gasteiger partial charge in [0.1, 0.15) is 16.8 Å². The van der Waals surface area contributed by atoms with Crippen LogP contribution in [-0.2, 0) is 42.8 Å². The summed E-state index contributed by atoms with van der Waals surface area (Å²) in [6, 6.07) is 0. The third kappa shape index (κ3) is 21.9. The zero-order valence-electron chi connectivity index (χ0n) is 29.4. The van der Waals surface area contributed by atoms with E-state index < -0.39 is 40.6 Å². The molecule has 0 aliphatic rings. The Morgan fingerprint density at radius 2 is 0.714 bits per heavy atom. The fourth-order valence-corrected chi connectivity index (χ4v) is 3.66. The van der Waals surface area contributed by atoms with Gasteiger partial charge in [-0.1, -0.05) is 0 Å². The molecule has 9 nitrogen and oxygen atoms in total. The van der Waals surface area contributed by atoms with E-state index in [9.17, 15) is 14.4 Å². The summed E-state index contributed by atoms with van der Waals surface area (Å²) in [6.45, 7) is 29.5. The summed E-state index contributed by atoms with van der Waals surface area (Å²) in [5.74, 6) is -2.93. The molecule has 0 aromatic carbocycles. The van der Waals surface area contributed by atoms with Crippen LogP contribution in [0.15, 0.2) is 0 Å². The molecule has 0 saturated heterocycles. The molecule has 0 aliphatic carbocycles. The summed E-state index contributed by atoms with van der Waals surface area (Å²) in [4.78, 5) is 39.4. The highest BCUT2D eigenvalue weighted by Crippen LogP contribution is 2.26. The van der Waals surface area contributed by atoms with Crippen molar-refractivity contribution >= 4 is 17.9 Å². The van der Waals surface area contributed by atoms with Crippen LogP contribution < -0.4 is 0 Å². The number of carbonyl (C=O) groups is 3. The van der Waals surface area contributed by atoms with E-state index in [1.165, 1.54) is 0 Å². The van der Waals surface area contributed by atoms with Crippen LogP contribution in [0.25, 0.3) is 0 Å². The molecule has 0 rings (SSSR count). The summed E-state index contributed by atoms with van der Waals surface area (Å²) >= 11 is 0. The van der Waals surface area contributed by atoms with E-state index in [1.54, 1.807) is 41.5 Å². The van der Waals surface area contributed by atoms with Crippen molar-refractivity contribution in [3.63, 3.8) is 0 Å². The first-order chi connectivity index (χ1) is 18.6. The minimum atomic E-state index is -1.07. The van der Waals surface area contributed by atoms with Crippen molar-refractivity contribution in [2.75, 3.05) is 19.8 Å². The van der Waals surface area contributed by atoms with Crippen LogP contribution in [0.2, 0.25) is 0 Å². The molecule has 0 radical (unpaired) electrons. The van der Waals surface area contributed by atoms with Crippen molar-refractivity contribution in [2.24, 2.45) is 5.92 Å². The Morgan fingerprint density at radius 1 is 0.452 bits per heavy atom. The number of ether oxygens (including phenoxy) is 6. The fraction of sp³-hybridized carbons (Fsp3) is 0.909. The predicted molar refractivity (Wildman–Crippen MR) is 164 cm³/mol. The van der Waals surface area contributed by atoms with Gasteiger partial charge in [-0.25, -0.2) is 0 Å². The van der Waals surface area contributed by atoms with Crippen molar-refractivity contribution < 1.29 is 42.8 Å². The Balaban J connectivity index is 5.52. The van der Waals surface area contributed by atoms with E-state index in [-0.39, 0.29) is 29.6 Å². The standard InChI is InChI=1S/C33H62O9/c1-28(2,3)37-19-16-31(10,11)40-25(34)22-24(27(36)42-33(14,15)18-21-39-30(7,8)9)23-26(35)41-32(12,13)17-20-38-29(4,5)6/h24H,16-23H2,1-15H3. The first-order valence-corrected chi connectivity index (χ1v) is 15.2. The highest BCUT2D eigenvalue weighted by molar-refractivity contribution is 5.84. The van der Waals surface area contributed by atoms with Crippen LogP contribution in [0.5, 0.6) is 0 Å². The minimum Gasteiger partial charge on any atom is -0.460 e.